The van der Waals surface area contributed by atoms with Gasteiger partial charge < -0.3 is 20.3 Å². The van der Waals surface area contributed by atoms with Crippen LogP contribution in [0.3, 0.4) is 0 Å². The van der Waals surface area contributed by atoms with Gasteiger partial charge in [-0.2, -0.15) is 0 Å². The number of aliphatic hydroxyl groups is 2. The van der Waals surface area contributed by atoms with E-state index in [1.807, 2.05) is 0 Å². The number of esters is 1. The molecule has 400 valence electrons. The number of aliphatic hydroxyl groups excluding tert-OH is 2. The van der Waals surface area contributed by atoms with Gasteiger partial charge in [-0.1, -0.05) is 262 Å². The highest BCUT2D eigenvalue weighted by atomic mass is 16.5. The number of carbonyl (C=O) groups is 2. The molecule has 0 radical (unpaired) electrons. The third-order valence-corrected chi connectivity index (χ3v) is 13.9. The summed E-state index contributed by atoms with van der Waals surface area (Å²) in [6.07, 6.45) is 71.6. The number of unbranched alkanes of at least 4 members (excludes halogenated alkanes) is 39. The summed E-state index contributed by atoms with van der Waals surface area (Å²) >= 11 is 0. The van der Waals surface area contributed by atoms with Crippen LogP contribution in [0.1, 0.15) is 322 Å². The molecule has 0 aromatic rings. The zero-order chi connectivity index (χ0) is 49.3. The van der Waals surface area contributed by atoms with E-state index in [0.29, 0.717) is 25.9 Å². The van der Waals surface area contributed by atoms with Gasteiger partial charge in [0.2, 0.25) is 5.91 Å². The fraction of sp³-hybridized carbons (Fsp3) is 0.871. The fourth-order valence-electron chi connectivity index (χ4n) is 9.25. The van der Waals surface area contributed by atoms with Gasteiger partial charge in [0.05, 0.1) is 25.4 Å². The first-order valence-electron chi connectivity index (χ1n) is 30.2. The lowest BCUT2D eigenvalue weighted by molar-refractivity contribution is -0.143. The number of hydrogen-bond acceptors (Lipinski definition) is 5. The van der Waals surface area contributed by atoms with E-state index in [-0.39, 0.29) is 18.5 Å². The maximum atomic E-state index is 12.4. The Bertz CT molecular complexity index is 1100. The Kier molecular flexibility index (Phi) is 56.0. The Labute approximate surface area is 424 Å². The van der Waals surface area contributed by atoms with Crippen LogP contribution in [0.5, 0.6) is 0 Å². The third kappa shape index (κ3) is 53.4. The predicted molar refractivity (Wildman–Crippen MR) is 296 cm³/mol. The Morgan fingerprint density at radius 2 is 0.735 bits per heavy atom. The van der Waals surface area contributed by atoms with Crippen LogP contribution in [0, 0.1) is 0 Å². The number of hydrogen-bond donors (Lipinski definition) is 3. The van der Waals surface area contributed by atoms with Crippen molar-refractivity contribution in [3.05, 3.63) is 36.5 Å². The van der Waals surface area contributed by atoms with Crippen LogP contribution >= 0.6 is 0 Å². The van der Waals surface area contributed by atoms with E-state index < -0.39 is 12.1 Å². The second kappa shape index (κ2) is 57.7. The minimum atomic E-state index is -0.664. The van der Waals surface area contributed by atoms with Gasteiger partial charge in [0, 0.05) is 12.8 Å². The highest BCUT2D eigenvalue weighted by Gasteiger charge is 2.20. The summed E-state index contributed by atoms with van der Waals surface area (Å²) in [7, 11) is 0. The first kappa shape index (κ1) is 66.1. The smallest absolute Gasteiger partial charge is 0.305 e. The molecule has 0 rings (SSSR count). The largest absolute Gasteiger partial charge is 0.466 e. The van der Waals surface area contributed by atoms with E-state index in [9.17, 15) is 19.8 Å². The number of amides is 1. The minimum absolute atomic E-state index is 0.00547. The van der Waals surface area contributed by atoms with E-state index in [0.717, 1.165) is 51.4 Å². The van der Waals surface area contributed by atoms with Gasteiger partial charge >= 0.3 is 5.97 Å². The molecule has 0 aliphatic heterocycles. The molecule has 2 atom stereocenters. The second-order valence-electron chi connectivity index (χ2n) is 20.7. The molecule has 68 heavy (non-hydrogen) atoms. The molecule has 0 aliphatic rings. The van der Waals surface area contributed by atoms with Crippen LogP contribution in [-0.2, 0) is 14.3 Å². The van der Waals surface area contributed by atoms with Crippen molar-refractivity contribution in [2.24, 2.45) is 0 Å². The number of rotatable bonds is 56. The highest BCUT2D eigenvalue weighted by molar-refractivity contribution is 5.76. The first-order valence-corrected chi connectivity index (χ1v) is 30.2. The molecular formula is C62H117NO5. The lowest BCUT2D eigenvalue weighted by Gasteiger charge is -2.22. The summed E-state index contributed by atoms with van der Waals surface area (Å²) in [5, 5.41) is 23.1. The van der Waals surface area contributed by atoms with Gasteiger partial charge in [-0.25, -0.2) is 0 Å². The molecule has 6 heteroatoms. The number of nitrogens with one attached hydrogen (secondary N) is 1. The van der Waals surface area contributed by atoms with Gasteiger partial charge in [0.1, 0.15) is 0 Å². The number of carbonyl (C=O) groups excluding carboxylic acids is 2. The normalized spacial score (nSPS) is 12.8. The van der Waals surface area contributed by atoms with Crippen molar-refractivity contribution >= 4 is 11.9 Å². The Morgan fingerprint density at radius 3 is 1.16 bits per heavy atom. The summed E-state index contributed by atoms with van der Waals surface area (Å²) in [5.41, 5.74) is 0. The lowest BCUT2D eigenvalue weighted by atomic mass is 10.0. The predicted octanol–water partition coefficient (Wildman–Crippen LogP) is 18.8. The lowest BCUT2D eigenvalue weighted by Crippen LogP contribution is -2.45. The van der Waals surface area contributed by atoms with E-state index in [2.05, 4.69) is 55.6 Å². The van der Waals surface area contributed by atoms with Gasteiger partial charge in [-0.15, -0.1) is 0 Å². The number of allylic oxidation sites excluding steroid dienone is 6. The molecular weight excluding hydrogens is 839 g/mol. The molecule has 2 unspecified atom stereocenters. The molecule has 0 fully saturated rings. The Balaban J connectivity index is 3.36. The summed E-state index contributed by atoms with van der Waals surface area (Å²) in [5.74, 6) is -0.0348. The van der Waals surface area contributed by atoms with Gasteiger partial charge in [0.25, 0.3) is 0 Å². The van der Waals surface area contributed by atoms with Crippen molar-refractivity contribution in [3.63, 3.8) is 0 Å². The van der Waals surface area contributed by atoms with Crippen molar-refractivity contribution in [1.29, 1.82) is 0 Å². The van der Waals surface area contributed by atoms with Gasteiger partial charge in [-0.05, 0) is 83.5 Å². The van der Waals surface area contributed by atoms with Gasteiger partial charge in [0.15, 0.2) is 0 Å². The summed E-state index contributed by atoms with van der Waals surface area (Å²) < 4.78 is 5.49. The third-order valence-electron chi connectivity index (χ3n) is 13.9. The van der Waals surface area contributed by atoms with E-state index in [4.69, 9.17) is 4.74 Å². The Morgan fingerprint density at radius 1 is 0.412 bits per heavy atom. The average Bonchev–Trinajstić information content (AvgIpc) is 3.34. The SMILES string of the molecule is CCCCC/C=C\C/C=C\CCCCCCCCCC(=O)OCCCCCCCCCCCCCC/C=C\CCCCCCCCCCCC(=O)NC(CO)C(O)CCCCCCCCCCC. The topological polar surface area (TPSA) is 95.9 Å². The molecule has 0 aromatic heterocycles. The van der Waals surface area contributed by atoms with Crippen molar-refractivity contribution in [2.75, 3.05) is 13.2 Å². The molecule has 3 N–H and O–H groups in total. The molecule has 0 aliphatic carbocycles. The standard InChI is InChI=1S/C62H117NO5/c1-3-5-7-9-11-13-14-15-16-26-30-33-36-40-44-48-52-56-62(67)68-57-53-49-45-41-37-34-31-28-25-23-21-19-17-18-20-22-24-27-29-32-35-39-43-47-51-55-61(66)63-59(58-64)60(65)54-50-46-42-38-12-10-8-6-4-2/h11,13,15-16,18,20,59-60,64-65H,3-10,12,14,17,19,21-58H2,1-2H3,(H,63,66)/b13-11-,16-15-,20-18-. The quantitative estimate of drug-likeness (QED) is 0.0321. The summed E-state index contributed by atoms with van der Waals surface area (Å²) in [6, 6.07) is -0.542. The van der Waals surface area contributed by atoms with Crippen LogP contribution in [0.25, 0.3) is 0 Å². The molecule has 0 aromatic carbocycles. The summed E-state index contributed by atoms with van der Waals surface area (Å²) in [6.45, 7) is 4.91. The monoisotopic (exact) mass is 956 g/mol. The average molecular weight is 957 g/mol. The van der Waals surface area contributed by atoms with Crippen LogP contribution in [-0.4, -0.2) is 47.4 Å². The fourth-order valence-corrected chi connectivity index (χ4v) is 9.25. The zero-order valence-electron chi connectivity index (χ0n) is 45.6. The summed E-state index contributed by atoms with van der Waals surface area (Å²) in [4.78, 5) is 24.5. The van der Waals surface area contributed by atoms with Crippen LogP contribution < -0.4 is 5.32 Å². The highest BCUT2D eigenvalue weighted by Crippen LogP contribution is 2.17. The van der Waals surface area contributed by atoms with E-state index in [1.165, 1.54) is 238 Å². The van der Waals surface area contributed by atoms with Crippen LogP contribution in [0.2, 0.25) is 0 Å². The first-order chi connectivity index (χ1) is 33.5. The van der Waals surface area contributed by atoms with E-state index >= 15 is 0 Å². The maximum Gasteiger partial charge on any atom is 0.305 e. The molecule has 0 heterocycles. The number of ether oxygens (including phenoxy) is 1. The van der Waals surface area contributed by atoms with Crippen LogP contribution in [0.4, 0.5) is 0 Å². The molecule has 0 saturated carbocycles. The van der Waals surface area contributed by atoms with Crippen molar-refractivity contribution < 1.29 is 24.5 Å². The molecule has 1 amide bonds. The Hall–Kier alpha value is -1.92. The van der Waals surface area contributed by atoms with E-state index in [1.54, 1.807) is 0 Å². The van der Waals surface area contributed by atoms with Crippen molar-refractivity contribution in [1.82, 2.24) is 5.32 Å². The molecule has 6 nitrogen and oxygen atoms in total. The molecule has 0 bridgehead atoms. The molecule has 0 spiro atoms. The second-order valence-corrected chi connectivity index (χ2v) is 20.7. The zero-order valence-corrected chi connectivity index (χ0v) is 45.6. The minimum Gasteiger partial charge on any atom is -0.466 e. The van der Waals surface area contributed by atoms with Crippen LogP contribution in [0.15, 0.2) is 36.5 Å². The van der Waals surface area contributed by atoms with Gasteiger partial charge in [-0.3, -0.25) is 9.59 Å². The van der Waals surface area contributed by atoms with Crippen molar-refractivity contribution in [3.8, 4) is 0 Å². The van der Waals surface area contributed by atoms with Crippen molar-refractivity contribution in [2.45, 2.75) is 334 Å². The molecule has 0 saturated heterocycles. The maximum absolute atomic E-state index is 12.4.